The molecule has 96 valence electrons. The zero-order valence-electron chi connectivity index (χ0n) is 9.93. The van der Waals surface area contributed by atoms with Gasteiger partial charge in [0.05, 0.1) is 0 Å². The van der Waals surface area contributed by atoms with E-state index in [9.17, 15) is 9.59 Å². The molecule has 0 aromatic heterocycles. The molecule has 0 saturated carbocycles. The van der Waals surface area contributed by atoms with Gasteiger partial charge in [-0.05, 0) is 24.3 Å². The third-order valence-corrected chi connectivity index (χ3v) is 3.06. The molecule has 5 N–H and O–H groups in total. The predicted molar refractivity (Wildman–Crippen MR) is 68.2 cm³/mol. The summed E-state index contributed by atoms with van der Waals surface area (Å²) in [7, 11) is 0. The van der Waals surface area contributed by atoms with Crippen molar-refractivity contribution in [2.45, 2.75) is 6.04 Å². The largest absolute Gasteiger partial charge is 0.368 e. The number of anilines is 1. The maximum absolute atomic E-state index is 11.4. The quantitative estimate of drug-likeness (QED) is 0.641. The van der Waals surface area contributed by atoms with Gasteiger partial charge in [-0.2, -0.15) is 0 Å². The van der Waals surface area contributed by atoms with E-state index >= 15 is 0 Å². The van der Waals surface area contributed by atoms with Crippen molar-refractivity contribution in [3.63, 3.8) is 0 Å². The first-order chi connectivity index (χ1) is 8.59. The van der Waals surface area contributed by atoms with Crippen LogP contribution in [0.2, 0.25) is 0 Å². The summed E-state index contributed by atoms with van der Waals surface area (Å²) in [6.45, 7) is 2.03. The molecule has 1 fully saturated rings. The Bertz CT molecular complexity index is 458. The minimum absolute atomic E-state index is 0.360. The Balaban J connectivity index is 2.23. The van der Waals surface area contributed by atoms with Crippen LogP contribution < -0.4 is 21.7 Å². The molecule has 0 bridgehead atoms. The van der Waals surface area contributed by atoms with Crippen LogP contribution in [0, 0.1) is 0 Å². The van der Waals surface area contributed by atoms with Gasteiger partial charge < -0.3 is 21.7 Å². The van der Waals surface area contributed by atoms with Gasteiger partial charge in [-0.1, -0.05) is 0 Å². The van der Waals surface area contributed by atoms with Crippen molar-refractivity contribution in [1.82, 2.24) is 5.32 Å². The smallest absolute Gasteiger partial charge is 0.248 e. The van der Waals surface area contributed by atoms with E-state index in [1.54, 1.807) is 24.3 Å². The molecule has 1 aromatic carbocycles. The Morgan fingerprint density at radius 3 is 2.44 bits per heavy atom. The SMILES string of the molecule is NC(=O)c1ccc(N2CCNCC2C(N)=O)cc1. The highest BCUT2D eigenvalue weighted by Crippen LogP contribution is 2.19. The number of nitrogens with one attached hydrogen (secondary N) is 1. The number of rotatable bonds is 3. The van der Waals surface area contributed by atoms with E-state index < -0.39 is 5.91 Å². The van der Waals surface area contributed by atoms with Crippen LogP contribution in [0.5, 0.6) is 0 Å². The lowest BCUT2D eigenvalue weighted by molar-refractivity contribution is -0.119. The van der Waals surface area contributed by atoms with Crippen molar-refractivity contribution in [1.29, 1.82) is 0 Å². The average molecular weight is 248 g/mol. The van der Waals surface area contributed by atoms with Crippen LogP contribution in [0.25, 0.3) is 0 Å². The minimum atomic E-state index is -0.465. The molecule has 0 spiro atoms. The summed E-state index contributed by atoms with van der Waals surface area (Å²) in [5.74, 6) is -0.825. The summed E-state index contributed by atoms with van der Waals surface area (Å²) in [5, 5.41) is 3.13. The molecular weight excluding hydrogens is 232 g/mol. The second-order valence-corrected chi connectivity index (χ2v) is 4.23. The van der Waals surface area contributed by atoms with E-state index in [0.717, 1.165) is 12.2 Å². The molecule has 18 heavy (non-hydrogen) atoms. The first-order valence-corrected chi connectivity index (χ1v) is 5.76. The summed E-state index contributed by atoms with van der Waals surface area (Å²) in [5.41, 5.74) is 11.9. The van der Waals surface area contributed by atoms with Crippen molar-refractivity contribution in [2.24, 2.45) is 11.5 Å². The van der Waals surface area contributed by atoms with Gasteiger partial charge in [0.25, 0.3) is 0 Å². The van der Waals surface area contributed by atoms with E-state index in [1.807, 2.05) is 4.90 Å². The highest BCUT2D eigenvalue weighted by atomic mass is 16.1. The predicted octanol–water partition coefficient (Wildman–Crippen LogP) is -0.951. The molecule has 2 amide bonds. The van der Waals surface area contributed by atoms with Crippen molar-refractivity contribution < 1.29 is 9.59 Å². The average Bonchev–Trinajstić information content (AvgIpc) is 2.39. The van der Waals surface area contributed by atoms with E-state index in [2.05, 4.69) is 5.32 Å². The van der Waals surface area contributed by atoms with Crippen LogP contribution in [-0.2, 0) is 4.79 Å². The van der Waals surface area contributed by atoms with Crippen LogP contribution in [-0.4, -0.2) is 37.5 Å². The number of primary amides is 2. The molecule has 1 aliphatic heterocycles. The number of carbonyl (C=O) groups excluding carboxylic acids is 2. The zero-order valence-corrected chi connectivity index (χ0v) is 9.93. The van der Waals surface area contributed by atoms with Gasteiger partial charge in [0.15, 0.2) is 0 Å². The number of carbonyl (C=O) groups is 2. The van der Waals surface area contributed by atoms with Crippen LogP contribution in [0.4, 0.5) is 5.69 Å². The fraction of sp³-hybridized carbons (Fsp3) is 0.333. The van der Waals surface area contributed by atoms with Gasteiger partial charge in [0.1, 0.15) is 6.04 Å². The summed E-state index contributed by atoms with van der Waals surface area (Å²) in [4.78, 5) is 24.3. The summed E-state index contributed by atoms with van der Waals surface area (Å²) >= 11 is 0. The van der Waals surface area contributed by atoms with E-state index in [4.69, 9.17) is 11.5 Å². The van der Waals surface area contributed by atoms with Gasteiger partial charge >= 0.3 is 0 Å². The van der Waals surface area contributed by atoms with Gasteiger partial charge in [-0.25, -0.2) is 0 Å². The van der Waals surface area contributed by atoms with Gasteiger partial charge in [-0.3, -0.25) is 9.59 Å². The first kappa shape index (κ1) is 12.4. The van der Waals surface area contributed by atoms with E-state index in [-0.39, 0.29) is 11.9 Å². The molecule has 1 aromatic rings. The van der Waals surface area contributed by atoms with Gasteiger partial charge in [-0.15, -0.1) is 0 Å². The fourth-order valence-electron chi connectivity index (χ4n) is 2.08. The Labute approximate surface area is 105 Å². The number of benzene rings is 1. The van der Waals surface area contributed by atoms with Crippen molar-refractivity contribution in [2.75, 3.05) is 24.5 Å². The second kappa shape index (κ2) is 5.05. The van der Waals surface area contributed by atoms with Crippen molar-refractivity contribution in [3.8, 4) is 0 Å². The molecule has 2 rings (SSSR count). The molecule has 0 aliphatic carbocycles. The highest BCUT2D eigenvalue weighted by Gasteiger charge is 2.26. The summed E-state index contributed by atoms with van der Waals surface area (Å²) < 4.78 is 0. The Hall–Kier alpha value is -2.08. The van der Waals surface area contributed by atoms with Gasteiger partial charge in [0.2, 0.25) is 11.8 Å². The third-order valence-electron chi connectivity index (χ3n) is 3.06. The standard InChI is InChI=1S/C12H16N4O2/c13-11(17)8-1-3-9(4-2-8)16-6-5-15-7-10(16)12(14)18/h1-4,10,15H,5-7H2,(H2,13,17)(H2,14,18). The van der Waals surface area contributed by atoms with Crippen LogP contribution in [0.3, 0.4) is 0 Å². The molecule has 1 heterocycles. The first-order valence-electron chi connectivity index (χ1n) is 5.76. The van der Waals surface area contributed by atoms with Crippen molar-refractivity contribution >= 4 is 17.5 Å². The molecular formula is C12H16N4O2. The number of nitrogens with zero attached hydrogens (tertiary/aromatic N) is 1. The maximum atomic E-state index is 11.4. The minimum Gasteiger partial charge on any atom is -0.368 e. The molecule has 6 nitrogen and oxygen atoms in total. The molecule has 1 saturated heterocycles. The highest BCUT2D eigenvalue weighted by molar-refractivity contribution is 5.93. The lowest BCUT2D eigenvalue weighted by Crippen LogP contribution is -2.57. The van der Waals surface area contributed by atoms with Gasteiger partial charge in [0, 0.05) is 30.9 Å². The van der Waals surface area contributed by atoms with E-state index in [1.165, 1.54) is 0 Å². The van der Waals surface area contributed by atoms with Crippen LogP contribution >= 0.6 is 0 Å². The number of hydrogen-bond donors (Lipinski definition) is 3. The van der Waals surface area contributed by atoms with Crippen LogP contribution in [0.15, 0.2) is 24.3 Å². The Morgan fingerprint density at radius 2 is 1.89 bits per heavy atom. The fourth-order valence-corrected chi connectivity index (χ4v) is 2.08. The Kier molecular flexibility index (Phi) is 3.47. The normalized spacial score (nSPS) is 19.6. The number of nitrogens with two attached hydrogens (primary N) is 2. The monoisotopic (exact) mass is 248 g/mol. The number of piperazine rings is 1. The molecule has 6 heteroatoms. The maximum Gasteiger partial charge on any atom is 0.248 e. The lowest BCUT2D eigenvalue weighted by Gasteiger charge is -2.36. The van der Waals surface area contributed by atoms with E-state index in [0.29, 0.717) is 18.7 Å². The molecule has 0 radical (unpaired) electrons. The summed E-state index contributed by atoms with van der Waals surface area (Å²) in [6.07, 6.45) is 0. The Morgan fingerprint density at radius 1 is 1.22 bits per heavy atom. The summed E-state index contributed by atoms with van der Waals surface area (Å²) in [6, 6.07) is 6.50. The number of amides is 2. The topological polar surface area (TPSA) is 101 Å². The third kappa shape index (κ3) is 2.43. The molecule has 1 unspecified atom stereocenters. The van der Waals surface area contributed by atoms with Crippen molar-refractivity contribution in [3.05, 3.63) is 29.8 Å². The zero-order chi connectivity index (χ0) is 13.1. The molecule has 1 aliphatic rings. The lowest BCUT2D eigenvalue weighted by atomic mass is 10.1. The molecule has 1 atom stereocenters. The van der Waals surface area contributed by atoms with Crippen LogP contribution in [0.1, 0.15) is 10.4 Å². The number of hydrogen-bond acceptors (Lipinski definition) is 4. The second-order valence-electron chi connectivity index (χ2n) is 4.23.